The maximum absolute atomic E-state index is 12.6. The van der Waals surface area contributed by atoms with Crippen molar-refractivity contribution in [3.63, 3.8) is 0 Å². The molecule has 1 saturated heterocycles. The topological polar surface area (TPSA) is 157 Å². The molecule has 0 aromatic carbocycles. The van der Waals surface area contributed by atoms with Crippen LogP contribution in [0.15, 0.2) is 66.0 Å². The zero-order valence-electron chi connectivity index (χ0n) is 22.8. The first kappa shape index (κ1) is 28.5. The number of methoxy groups -OCH3 is 2. The number of piperidine rings is 1. The van der Waals surface area contributed by atoms with E-state index in [1.54, 1.807) is 12.3 Å². The van der Waals surface area contributed by atoms with Gasteiger partial charge in [-0.1, -0.05) is 6.07 Å². The molecule has 13 heteroatoms. The summed E-state index contributed by atoms with van der Waals surface area (Å²) in [4.78, 5) is 32.4. The van der Waals surface area contributed by atoms with Gasteiger partial charge in [0.2, 0.25) is 0 Å². The molecule has 4 aromatic heterocycles. The molecule has 4 aromatic rings. The molecule has 214 valence electrons. The van der Waals surface area contributed by atoms with E-state index in [1.807, 2.05) is 35.2 Å². The molecule has 0 bridgehead atoms. The Balaban J connectivity index is 1.32. The third-order valence-electron chi connectivity index (χ3n) is 7.11. The van der Waals surface area contributed by atoms with E-state index in [9.17, 15) is 18.3 Å². The van der Waals surface area contributed by atoms with E-state index in [-0.39, 0.29) is 17.0 Å². The Hall–Kier alpha value is -4.04. The number of carbonyl (C=O) groups is 1. The lowest BCUT2D eigenvalue weighted by Gasteiger charge is -2.43. The Morgan fingerprint density at radius 3 is 2.61 bits per heavy atom. The zero-order chi connectivity index (χ0) is 29.2. The summed E-state index contributed by atoms with van der Waals surface area (Å²) in [5, 5.41) is 14.2. The van der Waals surface area contributed by atoms with Gasteiger partial charge in [0.1, 0.15) is 11.9 Å². The third-order valence-corrected chi connectivity index (χ3v) is 8.19. The van der Waals surface area contributed by atoms with E-state index in [4.69, 9.17) is 19.4 Å². The van der Waals surface area contributed by atoms with Crippen LogP contribution in [-0.4, -0.2) is 84.8 Å². The molecule has 12 nitrogen and oxygen atoms in total. The molecule has 5 heterocycles. The highest BCUT2D eigenvalue weighted by Gasteiger charge is 2.43. The van der Waals surface area contributed by atoms with Crippen LogP contribution in [0.5, 0.6) is 0 Å². The van der Waals surface area contributed by atoms with Crippen molar-refractivity contribution >= 4 is 32.5 Å². The van der Waals surface area contributed by atoms with Gasteiger partial charge in [-0.05, 0) is 36.4 Å². The first-order valence-electron chi connectivity index (χ1n) is 12.8. The number of aliphatic hydroxyl groups excluding tert-OH is 1. The molecule has 41 heavy (non-hydrogen) atoms. The highest BCUT2D eigenvalue weighted by molar-refractivity contribution is 7.90. The van der Waals surface area contributed by atoms with Crippen LogP contribution in [0.4, 0.5) is 5.82 Å². The fraction of sp³-hybridized carbons (Fsp3) is 0.321. The minimum Gasteiger partial charge on any atom is -0.386 e. The summed E-state index contributed by atoms with van der Waals surface area (Å²) >= 11 is 0. The second-order valence-corrected chi connectivity index (χ2v) is 11.8. The molecule has 1 atom stereocenters. The fourth-order valence-electron chi connectivity index (χ4n) is 4.72. The van der Waals surface area contributed by atoms with Gasteiger partial charge in [0.05, 0.1) is 46.1 Å². The number of fused-ring (bicyclic) bond motifs is 1. The predicted molar refractivity (Wildman–Crippen MR) is 151 cm³/mol. The molecule has 0 saturated carbocycles. The Morgan fingerprint density at radius 2 is 1.88 bits per heavy atom. The fourth-order valence-corrected chi connectivity index (χ4v) is 5.32. The van der Waals surface area contributed by atoms with Crippen molar-refractivity contribution in [3.8, 4) is 11.4 Å². The van der Waals surface area contributed by atoms with Crippen LogP contribution in [-0.2, 0) is 25.9 Å². The summed E-state index contributed by atoms with van der Waals surface area (Å²) in [5.74, 6) is -0.795. The van der Waals surface area contributed by atoms with E-state index < -0.39 is 27.6 Å². The van der Waals surface area contributed by atoms with Crippen LogP contribution < -0.4 is 10.2 Å². The molecule has 0 spiro atoms. The number of hydrogen-bond acceptors (Lipinski definition) is 11. The molecule has 0 radical (unpaired) electrons. The molecular formula is C28H30N6O6S. The van der Waals surface area contributed by atoms with Crippen molar-refractivity contribution in [1.29, 1.82) is 0 Å². The van der Waals surface area contributed by atoms with Gasteiger partial charge in [-0.2, -0.15) is 0 Å². The van der Waals surface area contributed by atoms with Gasteiger partial charge in [-0.25, -0.2) is 18.4 Å². The maximum atomic E-state index is 12.6. The van der Waals surface area contributed by atoms with E-state index in [1.165, 1.54) is 32.7 Å². The van der Waals surface area contributed by atoms with E-state index in [0.717, 1.165) is 11.6 Å². The molecule has 1 aliphatic heterocycles. The van der Waals surface area contributed by atoms with Crippen LogP contribution in [0.3, 0.4) is 0 Å². The van der Waals surface area contributed by atoms with Crippen LogP contribution in [0.1, 0.15) is 22.5 Å². The average molecular weight is 579 g/mol. The Bertz CT molecular complexity index is 1690. The maximum Gasteiger partial charge on any atom is 0.253 e. The van der Waals surface area contributed by atoms with Crippen molar-refractivity contribution in [2.75, 3.05) is 38.5 Å². The normalized spacial score (nSPS) is 17.0. The number of sulfone groups is 1. The lowest BCUT2D eigenvalue weighted by Crippen LogP contribution is -2.57. The number of anilines is 1. The van der Waals surface area contributed by atoms with E-state index >= 15 is 0 Å². The zero-order valence-corrected chi connectivity index (χ0v) is 23.6. The van der Waals surface area contributed by atoms with Crippen molar-refractivity contribution in [3.05, 3.63) is 72.3 Å². The number of amides is 1. The molecule has 1 unspecified atom stereocenters. The molecule has 5 rings (SSSR count). The molecule has 1 fully saturated rings. The molecule has 0 aliphatic carbocycles. The van der Waals surface area contributed by atoms with Gasteiger partial charge >= 0.3 is 0 Å². The minimum atomic E-state index is -3.49. The van der Waals surface area contributed by atoms with Crippen molar-refractivity contribution in [2.45, 2.75) is 29.8 Å². The molecule has 2 N–H and O–H groups in total. The highest BCUT2D eigenvalue weighted by Crippen LogP contribution is 2.30. The number of β-amino-alcohol motifs (C(OH)–C–C–N with tert-alkyl or cyclic N) is 1. The SMILES string of the molecule is COC1(OC)CCN(c2cccc(-c3ccc4cnc(CNC(=O)c5cncc(S(C)(=O)=O)c5)cc4n3)n2)CC1O. The smallest absolute Gasteiger partial charge is 0.253 e. The summed E-state index contributed by atoms with van der Waals surface area (Å²) < 4.78 is 34.5. The number of nitrogens with one attached hydrogen (secondary N) is 1. The second-order valence-electron chi connectivity index (χ2n) is 9.74. The number of hydrogen-bond donors (Lipinski definition) is 2. The van der Waals surface area contributed by atoms with Gasteiger partial charge in [-0.3, -0.25) is 14.8 Å². The number of aromatic nitrogens is 4. The molecular weight excluding hydrogens is 548 g/mol. The highest BCUT2D eigenvalue weighted by atomic mass is 32.2. The minimum absolute atomic E-state index is 0.0297. The lowest BCUT2D eigenvalue weighted by molar-refractivity contribution is -0.264. The lowest BCUT2D eigenvalue weighted by atomic mass is 10.00. The first-order valence-corrected chi connectivity index (χ1v) is 14.7. The summed E-state index contributed by atoms with van der Waals surface area (Å²) in [6.45, 7) is 1.01. The third kappa shape index (κ3) is 6.03. The summed E-state index contributed by atoms with van der Waals surface area (Å²) in [6.07, 6.45) is 4.88. The van der Waals surface area contributed by atoms with Crippen molar-refractivity contribution in [1.82, 2.24) is 25.3 Å². The quantitative estimate of drug-likeness (QED) is 0.295. The Kier molecular flexibility index (Phi) is 7.95. The monoisotopic (exact) mass is 578 g/mol. The average Bonchev–Trinajstić information content (AvgIpc) is 2.99. The van der Waals surface area contributed by atoms with Crippen LogP contribution >= 0.6 is 0 Å². The summed E-state index contributed by atoms with van der Waals surface area (Å²) in [7, 11) is -0.435. The van der Waals surface area contributed by atoms with E-state index in [0.29, 0.717) is 47.9 Å². The summed E-state index contributed by atoms with van der Waals surface area (Å²) in [6, 6.07) is 12.5. The van der Waals surface area contributed by atoms with Gasteiger partial charge in [-0.15, -0.1) is 0 Å². The van der Waals surface area contributed by atoms with Gasteiger partial charge in [0.25, 0.3) is 5.91 Å². The first-order chi connectivity index (χ1) is 19.6. The van der Waals surface area contributed by atoms with Crippen LogP contribution in [0, 0.1) is 0 Å². The van der Waals surface area contributed by atoms with E-state index in [2.05, 4.69) is 15.3 Å². The number of nitrogens with zero attached hydrogens (tertiary/aromatic N) is 5. The molecule has 1 amide bonds. The number of rotatable bonds is 8. The number of aliphatic hydroxyl groups is 1. The number of ether oxygens (including phenoxy) is 2. The van der Waals surface area contributed by atoms with Gasteiger partial charge < -0.3 is 24.8 Å². The van der Waals surface area contributed by atoms with Crippen molar-refractivity contribution in [2.24, 2.45) is 0 Å². The number of carbonyl (C=O) groups excluding carboxylic acids is 1. The standard InChI is InChI=1S/C28H30N6O6S/c1-39-28(40-2)9-10-34(17-25(28)35)26-6-4-5-22(33-26)23-8-7-18-14-30-20(12-24(18)32-23)15-31-27(36)19-11-21(16-29-13-19)41(3,37)38/h4-8,11-14,16,25,35H,9-10,15,17H2,1-3H3,(H,31,36). The Labute approximate surface area is 237 Å². The van der Waals surface area contributed by atoms with Crippen LogP contribution in [0.2, 0.25) is 0 Å². The molecule has 1 aliphatic rings. The summed E-state index contributed by atoms with van der Waals surface area (Å²) in [5.41, 5.74) is 2.71. The van der Waals surface area contributed by atoms with Crippen molar-refractivity contribution < 1.29 is 27.8 Å². The van der Waals surface area contributed by atoms with Gasteiger partial charge in [0, 0.05) is 57.4 Å². The van der Waals surface area contributed by atoms with Crippen LogP contribution in [0.25, 0.3) is 22.3 Å². The Morgan fingerprint density at radius 1 is 1.10 bits per heavy atom. The number of pyridine rings is 4. The predicted octanol–water partition coefficient (Wildman–Crippen LogP) is 1.98. The van der Waals surface area contributed by atoms with Gasteiger partial charge in [0.15, 0.2) is 15.6 Å². The second kappa shape index (κ2) is 11.4. The largest absolute Gasteiger partial charge is 0.386 e.